The maximum Gasteiger partial charge on any atom is 0.118 e. The summed E-state index contributed by atoms with van der Waals surface area (Å²) in [7, 11) is 1.66. The van der Waals surface area contributed by atoms with Crippen molar-refractivity contribution >= 4 is 11.6 Å². The van der Waals surface area contributed by atoms with E-state index in [1.54, 1.807) is 12.6 Å². The van der Waals surface area contributed by atoms with Gasteiger partial charge in [-0.1, -0.05) is 30.7 Å². The summed E-state index contributed by atoms with van der Waals surface area (Å²) in [5.74, 6) is 1.11. The van der Waals surface area contributed by atoms with Crippen LogP contribution >= 0.6 is 11.6 Å². The molecule has 0 aromatic heterocycles. The molecule has 0 aliphatic heterocycles. The predicted molar refractivity (Wildman–Crippen MR) is 64.4 cm³/mol. The summed E-state index contributed by atoms with van der Waals surface area (Å²) in [5.41, 5.74) is 9.38. The van der Waals surface area contributed by atoms with Crippen molar-refractivity contribution in [3.8, 4) is 5.75 Å². The Labute approximate surface area is 95.7 Å². The standard InChI is InChI=1S/C12H16ClNO/c1-9(11(7-13)8-14)10-3-5-12(15-2)6-4-10/h3-7,9H,8,14H2,1-2H3. The first kappa shape index (κ1) is 12.1. The van der Waals surface area contributed by atoms with Gasteiger partial charge in [0.15, 0.2) is 0 Å². The number of ether oxygens (including phenoxy) is 1. The van der Waals surface area contributed by atoms with Gasteiger partial charge in [0.1, 0.15) is 5.75 Å². The minimum absolute atomic E-state index is 0.249. The molecule has 0 amide bonds. The van der Waals surface area contributed by atoms with Crippen molar-refractivity contribution < 1.29 is 4.74 Å². The highest BCUT2D eigenvalue weighted by molar-refractivity contribution is 6.25. The van der Waals surface area contributed by atoms with Gasteiger partial charge < -0.3 is 10.5 Å². The lowest BCUT2D eigenvalue weighted by Gasteiger charge is -2.14. The lowest BCUT2D eigenvalue weighted by Crippen LogP contribution is -2.09. The number of methoxy groups -OCH3 is 1. The molecule has 0 radical (unpaired) electrons. The molecule has 1 aromatic rings. The Hall–Kier alpha value is -0.990. The summed E-state index contributed by atoms with van der Waals surface area (Å²) in [6, 6.07) is 7.93. The zero-order valence-corrected chi connectivity index (χ0v) is 9.79. The molecular formula is C12H16ClNO. The fourth-order valence-electron chi connectivity index (χ4n) is 1.42. The molecule has 15 heavy (non-hydrogen) atoms. The number of rotatable bonds is 4. The zero-order chi connectivity index (χ0) is 11.3. The van der Waals surface area contributed by atoms with E-state index in [4.69, 9.17) is 22.1 Å². The van der Waals surface area contributed by atoms with Crippen LogP contribution in [0.4, 0.5) is 0 Å². The highest BCUT2D eigenvalue weighted by atomic mass is 35.5. The summed E-state index contributed by atoms with van der Waals surface area (Å²) in [6.45, 7) is 2.57. The Balaban J connectivity index is 2.86. The Morgan fingerprint density at radius 1 is 1.47 bits per heavy atom. The van der Waals surface area contributed by atoms with Crippen LogP contribution < -0.4 is 10.5 Å². The van der Waals surface area contributed by atoms with Crippen molar-refractivity contribution in [2.24, 2.45) is 5.73 Å². The van der Waals surface area contributed by atoms with Crippen molar-refractivity contribution in [2.45, 2.75) is 12.8 Å². The van der Waals surface area contributed by atoms with Crippen molar-refractivity contribution in [3.05, 3.63) is 40.9 Å². The summed E-state index contributed by atoms with van der Waals surface area (Å²) in [6.07, 6.45) is 0. The van der Waals surface area contributed by atoms with E-state index in [1.807, 2.05) is 24.3 Å². The van der Waals surface area contributed by atoms with Gasteiger partial charge in [0.25, 0.3) is 0 Å². The molecule has 2 nitrogen and oxygen atoms in total. The first-order chi connectivity index (χ1) is 7.22. The second kappa shape index (κ2) is 5.79. The number of nitrogens with two attached hydrogens (primary N) is 1. The lowest BCUT2D eigenvalue weighted by molar-refractivity contribution is 0.414. The largest absolute Gasteiger partial charge is 0.497 e. The van der Waals surface area contributed by atoms with Gasteiger partial charge in [-0.3, -0.25) is 0 Å². The lowest BCUT2D eigenvalue weighted by atomic mass is 9.94. The monoisotopic (exact) mass is 225 g/mol. The van der Waals surface area contributed by atoms with Crippen LogP contribution in [0.2, 0.25) is 0 Å². The quantitative estimate of drug-likeness (QED) is 0.855. The molecule has 0 aliphatic rings. The average Bonchev–Trinajstić information content (AvgIpc) is 2.30. The van der Waals surface area contributed by atoms with Gasteiger partial charge in [-0.05, 0) is 23.3 Å². The minimum atomic E-state index is 0.249. The topological polar surface area (TPSA) is 35.2 Å². The SMILES string of the molecule is COc1ccc(C(C)C(=CCl)CN)cc1. The normalized spacial score (nSPS) is 13.7. The molecule has 82 valence electrons. The van der Waals surface area contributed by atoms with E-state index < -0.39 is 0 Å². The molecule has 0 saturated carbocycles. The van der Waals surface area contributed by atoms with E-state index in [1.165, 1.54) is 5.56 Å². The minimum Gasteiger partial charge on any atom is -0.497 e. The average molecular weight is 226 g/mol. The zero-order valence-electron chi connectivity index (χ0n) is 9.03. The fourth-order valence-corrected chi connectivity index (χ4v) is 1.70. The third kappa shape index (κ3) is 2.98. The molecule has 1 atom stereocenters. The molecule has 1 rings (SSSR count). The summed E-state index contributed by atoms with van der Waals surface area (Å²) < 4.78 is 5.10. The predicted octanol–water partition coefficient (Wildman–Crippen LogP) is 2.88. The van der Waals surface area contributed by atoms with Gasteiger partial charge >= 0.3 is 0 Å². The highest BCUT2D eigenvalue weighted by Gasteiger charge is 2.09. The molecule has 0 heterocycles. The van der Waals surface area contributed by atoms with E-state index in [2.05, 4.69) is 6.92 Å². The molecule has 0 spiro atoms. The van der Waals surface area contributed by atoms with Crippen molar-refractivity contribution in [3.63, 3.8) is 0 Å². The molecule has 0 bridgehead atoms. The highest BCUT2D eigenvalue weighted by Crippen LogP contribution is 2.25. The number of benzene rings is 1. The molecule has 0 saturated heterocycles. The molecule has 1 unspecified atom stereocenters. The Morgan fingerprint density at radius 2 is 2.07 bits per heavy atom. The molecule has 1 aromatic carbocycles. The Kier molecular flexibility index (Phi) is 4.66. The first-order valence-electron chi connectivity index (χ1n) is 4.86. The van der Waals surface area contributed by atoms with E-state index >= 15 is 0 Å². The van der Waals surface area contributed by atoms with Crippen LogP contribution in [-0.4, -0.2) is 13.7 Å². The van der Waals surface area contributed by atoms with Crippen LogP contribution in [0.1, 0.15) is 18.4 Å². The maximum atomic E-state index is 5.70. The molecular weight excluding hydrogens is 210 g/mol. The van der Waals surface area contributed by atoms with E-state index in [-0.39, 0.29) is 5.92 Å². The van der Waals surface area contributed by atoms with E-state index in [0.29, 0.717) is 6.54 Å². The van der Waals surface area contributed by atoms with Crippen LogP contribution in [0, 0.1) is 0 Å². The van der Waals surface area contributed by atoms with Crippen LogP contribution in [0.5, 0.6) is 5.75 Å². The molecule has 0 fully saturated rings. The number of hydrogen-bond donors (Lipinski definition) is 1. The Bertz CT molecular complexity index is 332. The van der Waals surface area contributed by atoms with Crippen LogP contribution in [0.3, 0.4) is 0 Å². The van der Waals surface area contributed by atoms with Gasteiger partial charge in [0.2, 0.25) is 0 Å². The summed E-state index contributed by atoms with van der Waals surface area (Å²) in [5, 5.41) is 0. The number of hydrogen-bond acceptors (Lipinski definition) is 2. The molecule has 0 aliphatic carbocycles. The second-order valence-electron chi connectivity index (χ2n) is 3.38. The van der Waals surface area contributed by atoms with E-state index in [9.17, 15) is 0 Å². The van der Waals surface area contributed by atoms with Crippen molar-refractivity contribution in [1.29, 1.82) is 0 Å². The second-order valence-corrected chi connectivity index (χ2v) is 3.60. The van der Waals surface area contributed by atoms with Crippen LogP contribution in [0.15, 0.2) is 35.4 Å². The van der Waals surface area contributed by atoms with Gasteiger partial charge in [-0.15, -0.1) is 0 Å². The van der Waals surface area contributed by atoms with Gasteiger partial charge in [-0.2, -0.15) is 0 Å². The molecule has 2 N–H and O–H groups in total. The van der Waals surface area contributed by atoms with Gasteiger partial charge in [-0.25, -0.2) is 0 Å². The first-order valence-corrected chi connectivity index (χ1v) is 5.29. The maximum absolute atomic E-state index is 5.70. The van der Waals surface area contributed by atoms with Gasteiger partial charge in [0, 0.05) is 18.0 Å². The third-order valence-corrected chi connectivity index (χ3v) is 2.83. The van der Waals surface area contributed by atoms with Gasteiger partial charge in [0.05, 0.1) is 7.11 Å². The third-order valence-electron chi connectivity index (χ3n) is 2.55. The van der Waals surface area contributed by atoms with Crippen LogP contribution in [-0.2, 0) is 0 Å². The Morgan fingerprint density at radius 3 is 2.47 bits per heavy atom. The number of halogens is 1. The summed E-state index contributed by atoms with van der Waals surface area (Å²) in [4.78, 5) is 0. The molecule has 3 heteroatoms. The van der Waals surface area contributed by atoms with Crippen LogP contribution in [0.25, 0.3) is 0 Å². The smallest absolute Gasteiger partial charge is 0.118 e. The summed E-state index contributed by atoms with van der Waals surface area (Å²) >= 11 is 5.70. The fraction of sp³-hybridized carbons (Fsp3) is 0.333. The van der Waals surface area contributed by atoms with Crippen molar-refractivity contribution in [1.82, 2.24) is 0 Å². The van der Waals surface area contributed by atoms with E-state index in [0.717, 1.165) is 11.3 Å². The van der Waals surface area contributed by atoms with Crippen molar-refractivity contribution in [2.75, 3.05) is 13.7 Å².